The van der Waals surface area contributed by atoms with Crippen LogP contribution in [0.15, 0.2) is 67.3 Å². The first-order chi connectivity index (χ1) is 15.7. The fourth-order valence-electron chi connectivity index (χ4n) is 5.39. The number of fused-ring (bicyclic) bond motifs is 1. The van der Waals surface area contributed by atoms with Crippen molar-refractivity contribution in [3.8, 4) is 11.1 Å². The van der Waals surface area contributed by atoms with E-state index in [1.807, 2.05) is 18.5 Å². The minimum atomic E-state index is -0.222. The Hall–Kier alpha value is -2.67. The topological polar surface area (TPSA) is 52.5 Å². The van der Waals surface area contributed by atoms with Gasteiger partial charge >= 0.3 is 0 Å². The third-order valence-electron chi connectivity index (χ3n) is 6.93. The summed E-state index contributed by atoms with van der Waals surface area (Å²) in [4.78, 5) is 13.3. The summed E-state index contributed by atoms with van der Waals surface area (Å²) in [7, 11) is 0. The molecule has 166 valence electrons. The van der Waals surface area contributed by atoms with E-state index in [4.69, 9.17) is 0 Å². The quantitative estimate of drug-likeness (QED) is 0.666. The molecule has 32 heavy (non-hydrogen) atoms. The molecule has 3 heterocycles. The van der Waals surface area contributed by atoms with Crippen LogP contribution in [0.1, 0.15) is 29.9 Å². The molecule has 5 rings (SSSR count). The Morgan fingerprint density at radius 1 is 0.969 bits per heavy atom. The number of rotatable bonds is 5. The molecular weight excluding hydrogens is 403 g/mol. The highest BCUT2D eigenvalue weighted by Gasteiger charge is 2.49. The van der Waals surface area contributed by atoms with Gasteiger partial charge < -0.3 is 5.11 Å². The van der Waals surface area contributed by atoms with Gasteiger partial charge in [-0.05, 0) is 54.8 Å². The second kappa shape index (κ2) is 9.45. The first-order valence-corrected chi connectivity index (χ1v) is 11.4. The molecule has 6 heteroatoms. The van der Waals surface area contributed by atoms with Crippen LogP contribution < -0.4 is 0 Å². The molecule has 3 atom stereocenters. The number of benzene rings is 2. The van der Waals surface area contributed by atoms with Crippen LogP contribution in [-0.4, -0.2) is 63.2 Å². The van der Waals surface area contributed by atoms with Crippen molar-refractivity contribution in [3.05, 3.63) is 84.2 Å². The number of hydrogen-bond donors (Lipinski definition) is 1. The van der Waals surface area contributed by atoms with Crippen molar-refractivity contribution < 1.29 is 9.50 Å². The molecule has 2 aliphatic rings. The Balaban J connectivity index is 1.36. The van der Waals surface area contributed by atoms with Crippen molar-refractivity contribution in [3.63, 3.8) is 0 Å². The van der Waals surface area contributed by atoms with E-state index in [0.29, 0.717) is 6.04 Å². The van der Waals surface area contributed by atoms with E-state index < -0.39 is 0 Å². The van der Waals surface area contributed by atoms with E-state index >= 15 is 0 Å². The lowest BCUT2D eigenvalue weighted by atomic mass is 9.74. The van der Waals surface area contributed by atoms with Crippen LogP contribution in [0.3, 0.4) is 0 Å². The number of hydrogen-bond acceptors (Lipinski definition) is 5. The summed E-state index contributed by atoms with van der Waals surface area (Å²) in [6, 6.07) is 15.7. The van der Waals surface area contributed by atoms with Gasteiger partial charge in [0.2, 0.25) is 0 Å². The maximum Gasteiger partial charge on any atom is 0.123 e. The molecule has 0 amide bonds. The van der Waals surface area contributed by atoms with Gasteiger partial charge in [0.05, 0.1) is 6.61 Å². The molecule has 1 aromatic heterocycles. The number of aliphatic hydroxyl groups excluding tert-OH is 1. The number of nitrogens with zero attached hydrogens (tertiary/aromatic N) is 4. The Bertz CT molecular complexity index is 1030. The SMILES string of the molecule is OC[C@H]1[C@H](c2ccc(-c3cccc(F)c3)cc2)[C@@H]2CN(Cc3cncnc3)CCCCN12. The predicted octanol–water partition coefficient (Wildman–Crippen LogP) is 3.71. The summed E-state index contributed by atoms with van der Waals surface area (Å²) in [5.41, 5.74) is 4.27. The lowest BCUT2D eigenvalue weighted by Crippen LogP contribution is -2.67. The highest BCUT2D eigenvalue weighted by molar-refractivity contribution is 5.63. The van der Waals surface area contributed by atoms with Crippen LogP contribution >= 0.6 is 0 Å². The molecular formula is C26H29FN4O. The molecule has 5 nitrogen and oxygen atoms in total. The molecule has 0 radical (unpaired) electrons. The Morgan fingerprint density at radius 2 is 1.75 bits per heavy atom. The molecule has 2 saturated heterocycles. The Morgan fingerprint density at radius 3 is 2.50 bits per heavy atom. The van der Waals surface area contributed by atoms with Gasteiger partial charge in [-0.1, -0.05) is 36.4 Å². The highest BCUT2D eigenvalue weighted by Crippen LogP contribution is 2.42. The van der Waals surface area contributed by atoms with Gasteiger partial charge in [-0.15, -0.1) is 0 Å². The Labute approximate surface area is 188 Å². The van der Waals surface area contributed by atoms with Gasteiger partial charge in [0.1, 0.15) is 12.1 Å². The third kappa shape index (κ3) is 4.31. The van der Waals surface area contributed by atoms with E-state index in [1.54, 1.807) is 18.5 Å². The van der Waals surface area contributed by atoms with Crippen LogP contribution in [-0.2, 0) is 6.54 Å². The zero-order valence-corrected chi connectivity index (χ0v) is 18.1. The monoisotopic (exact) mass is 432 g/mol. The van der Waals surface area contributed by atoms with E-state index in [1.165, 1.54) is 11.6 Å². The second-order valence-electron chi connectivity index (χ2n) is 8.90. The van der Waals surface area contributed by atoms with Crippen molar-refractivity contribution in [1.29, 1.82) is 0 Å². The zero-order valence-electron chi connectivity index (χ0n) is 18.1. The fourth-order valence-corrected chi connectivity index (χ4v) is 5.39. The second-order valence-corrected chi connectivity index (χ2v) is 8.90. The molecule has 2 aliphatic heterocycles. The molecule has 2 aromatic carbocycles. The van der Waals surface area contributed by atoms with Crippen LogP contribution in [0.2, 0.25) is 0 Å². The fraction of sp³-hybridized carbons (Fsp3) is 0.385. The van der Waals surface area contributed by atoms with E-state index in [0.717, 1.165) is 55.7 Å². The average Bonchev–Trinajstić information content (AvgIpc) is 2.81. The molecule has 1 N–H and O–H groups in total. The van der Waals surface area contributed by atoms with Gasteiger partial charge in [0, 0.05) is 49.0 Å². The van der Waals surface area contributed by atoms with Gasteiger partial charge in [-0.3, -0.25) is 9.80 Å². The van der Waals surface area contributed by atoms with Gasteiger partial charge in [-0.25, -0.2) is 14.4 Å². The van der Waals surface area contributed by atoms with E-state index in [2.05, 4.69) is 44.0 Å². The van der Waals surface area contributed by atoms with Gasteiger partial charge in [0.25, 0.3) is 0 Å². The standard InChI is InChI=1S/C26H29FN4O/c27-23-5-3-4-22(12-23)20-6-8-21(9-7-20)26-24-16-30(15-19-13-28-18-29-14-19)10-1-2-11-31(24)25(26)17-32/h3-9,12-14,18,24-26,32H,1-2,10-11,15-17H2/t24-,25-,26+/m0/s1. The average molecular weight is 433 g/mol. The molecule has 0 unspecified atom stereocenters. The third-order valence-corrected chi connectivity index (χ3v) is 6.93. The lowest BCUT2D eigenvalue weighted by Gasteiger charge is -2.57. The van der Waals surface area contributed by atoms with Gasteiger partial charge in [-0.2, -0.15) is 0 Å². The predicted molar refractivity (Wildman–Crippen MR) is 122 cm³/mol. The zero-order chi connectivity index (χ0) is 21.9. The van der Waals surface area contributed by atoms with Crippen LogP contribution in [0.25, 0.3) is 11.1 Å². The lowest BCUT2D eigenvalue weighted by molar-refractivity contribution is -0.0655. The van der Waals surface area contributed by atoms with Crippen LogP contribution in [0.5, 0.6) is 0 Å². The van der Waals surface area contributed by atoms with E-state index in [9.17, 15) is 9.50 Å². The summed E-state index contributed by atoms with van der Waals surface area (Å²) in [6.45, 7) is 4.07. The number of aromatic nitrogens is 2. The molecule has 2 fully saturated rings. The molecule has 0 bridgehead atoms. The summed E-state index contributed by atoms with van der Waals surface area (Å²) in [5.74, 6) is 0.0640. The summed E-state index contributed by atoms with van der Waals surface area (Å²) in [5, 5.41) is 10.2. The highest BCUT2D eigenvalue weighted by atomic mass is 19.1. The normalized spacial score (nSPS) is 24.2. The summed E-state index contributed by atoms with van der Waals surface area (Å²) in [6.07, 6.45) is 7.65. The van der Waals surface area contributed by atoms with Crippen LogP contribution in [0, 0.1) is 5.82 Å². The molecule has 0 aliphatic carbocycles. The molecule has 0 spiro atoms. The minimum absolute atomic E-state index is 0.153. The van der Waals surface area contributed by atoms with Crippen molar-refractivity contribution in [2.24, 2.45) is 0 Å². The maximum atomic E-state index is 13.6. The number of aliphatic hydroxyl groups is 1. The summed E-state index contributed by atoms with van der Waals surface area (Å²) < 4.78 is 13.6. The number of halogens is 1. The summed E-state index contributed by atoms with van der Waals surface area (Å²) >= 11 is 0. The van der Waals surface area contributed by atoms with Crippen molar-refractivity contribution in [1.82, 2.24) is 19.8 Å². The maximum absolute atomic E-state index is 13.6. The Kier molecular flexibility index (Phi) is 6.26. The molecule has 3 aromatic rings. The smallest absolute Gasteiger partial charge is 0.123 e. The van der Waals surface area contributed by atoms with Crippen molar-refractivity contribution >= 4 is 0 Å². The van der Waals surface area contributed by atoms with Gasteiger partial charge in [0.15, 0.2) is 0 Å². The largest absolute Gasteiger partial charge is 0.395 e. The molecule has 0 saturated carbocycles. The minimum Gasteiger partial charge on any atom is -0.395 e. The first-order valence-electron chi connectivity index (χ1n) is 11.4. The van der Waals surface area contributed by atoms with Crippen LogP contribution in [0.4, 0.5) is 4.39 Å². The van der Waals surface area contributed by atoms with Crippen molar-refractivity contribution in [2.45, 2.75) is 37.4 Å². The van der Waals surface area contributed by atoms with Crippen molar-refractivity contribution in [2.75, 3.05) is 26.2 Å². The first kappa shape index (κ1) is 21.2. The van der Waals surface area contributed by atoms with E-state index in [-0.39, 0.29) is 24.4 Å².